The summed E-state index contributed by atoms with van der Waals surface area (Å²) in [5, 5.41) is 14.0. The predicted molar refractivity (Wildman–Crippen MR) is 129 cm³/mol. The summed E-state index contributed by atoms with van der Waals surface area (Å²) in [7, 11) is 3.09. The first-order valence-corrected chi connectivity index (χ1v) is 11.8. The fraction of sp³-hybridized carbons (Fsp3) is 0.391. The molecule has 0 radical (unpaired) electrons. The number of hydrogen-bond acceptors (Lipinski definition) is 7. The van der Waals surface area contributed by atoms with Crippen molar-refractivity contribution < 1.29 is 24.0 Å². The number of piperidine rings is 1. The van der Waals surface area contributed by atoms with Crippen LogP contribution >= 0.6 is 11.8 Å². The molecular formula is C23H26N4O6S. The average Bonchev–Trinajstić information content (AvgIpc) is 3.26. The van der Waals surface area contributed by atoms with Gasteiger partial charge in [-0.3, -0.25) is 14.9 Å². The van der Waals surface area contributed by atoms with Gasteiger partial charge in [-0.05, 0) is 31.0 Å². The Morgan fingerprint density at radius 1 is 1.09 bits per heavy atom. The van der Waals surface area contributed by atoms with Gasteiger partial charge in [0.2, 0.25) is 0 Å². The molecule has 2 aliphatic rings. The molecule has 0 saturated carbocycles. The lowest BCUT2D eigenvalue weighted by Gasteiger charge is -2.44. The first kappa shape index (κ1) is 23.7. The van der Waals surface area contributed by atoms with Gasteiger partial charge in [-0.1, -0.05) is 6.07 Å². The normalized spacial score (nSPS) is 16.9. The fourth-order valence-corrected chi connectivity index (χ4v) is 5.83. The molecule has 0 bridgehead atoms. The van der Waals surface area contributed by atoms with Crippen molar-refractivity contribution in [3.63, 3.8) is 0 Å². The lowest BCUT2D eigenvalue weighted by atomic mass is 10.0. The van der Waals surface area contributed by atoms with E-state index in [-0.39, 0.29) is 17.6 Å². The topological polar surface area (TPSA) is 114 Å². The van der Waals surface area contributed by atoms with Crippen LogP contribution < -0.4 is 14.8 Å². The first-order valence-electron chi connectivity index (χ1n) is 10.9. The smallest absolute Gasteiger partial charge is 0.321 e. The van der Waals surface area contributed by atoms with E-state index in [2.05, 4.69) is 5.32 Å². The number of nitrogens with zero attached hydrogens (tertiary/aromatic N) is 3. The van der Waals surface area contributed by atoms with Gasteiger partial charge in [-0.15, -0.1) is 11.8 Å². The number of carbonyl (C=O) groups is 2. The number of ether oxygens (including phenoxy) is 2. The van der Waals surface area contributed by atoms with E-state index in [1.807, 2.05) is 4.90 Å². The van der Waals surface area contributed by atoms with Crippen LogP contribution in [0.2, 0.25) is 0 Å². The second-order valence-electron chi connectivity index (χ2n) is 8.04. The number of thioether (sulfide) groups is 1. The summed E-state index contributed by atoms with van der Waals surface area (Å²) in [5.41, 5.74) is 0.751. The van der Waals surface area contributed by atoms with Crippen LogP contribution in [0.25, 0.3) is 0 Å². The van der Waals surface area contributed by atoms with Crippen molar-refractivity contribution in [2.75, 3.05) is 44.9 Å². The average molecular weight is 487 g/mol. The quantitative estimate of drug-likeness (QED) is 0.505. The van der Waals surface area contributed by atoms with Gasteiger partial charge >= 0.3 is 6.03 Å². The van der Waals surface area contributed by atoms with Crippen molar-refractivity contribution in [2.45, 2.75) is 17.7 Å². The second-order valence-corrected chi connectivity index (χ2v) is 9.50. The molecule has 0 aliphatic carbocycles. The number of methoxy groups -OCH3 is 2. The molecule has 1 N–H and O–H groups in total. The van der Waals surface area contributed by atoms with Gasteiger partial charge in [0.05, 0.1) is 29.7 Å². The van der Waals surface area contributed by atoms with E-state index in [1.54, 1.807) is 48.0 Å². The Kier molecular flexibility index (Phi) is 6.82. The Bertz CT molecular complexity index is 1100. The van der Waals surface area contributed by atoms with Gasteiger partial charge in [0.1, 0.15) is 11.5 Å². The molecule has 2 aromatic carbocycles. The van der Waals surface area contributed by atoms with Gasteiger partial charge in [-0.2, -0.15) is 0 Å². The van der Waals surface area contributed by atoms with E-state index in [9.17, 15) is 19.7 Å². The Morgan fingerprint density at radius 2 is 1.85 bits per heavy atom. The number of amides is 3. The molecule has 4 rings (SSSR count). The maximum absolute atomic E-state index is 13.2. The van der Waals surface area contributed by atoms with E-state index in [4.69, 9.17) is 9.47 Å². The zero-order chi connectivity index (χ0) is 24.3. The van der Waals surface area contributed by atoms with E-state index >= 15 is 0 Å². The fourth-order valence-electron chi connectivity index (χ4n) is 4.37. The summed E-state index contributed by atoms with van der Waals surface area (Å²) in [6.07, 6.45) is 1.23. The molecule has 34 heavy (non-hydrogen) atoms. The van der Waals surface area contributed by atoms with Crippen LogP contribution in [0.15, 0.2) is 42.5 Å². The predicted octanol–water partition coefficient (Wildman–Crippen LogP) is 3.83. The van der Waals surface area contributed by atoms with Crippen molar-refractivity contribution in [3.8, 4) is 11.5 Å². The summed E-state index contributed by atoms with van der Waals surface area (Å²) in [6.45, 7) is 1.54. The monoisotopic (exact) mass is 486 g/mol. The van der Waals surface area contributed by atoms with E-state index in [1.165, 1.54) is 25.3 Å². The maximum Gasteiger partial charge on any atom is 0.321 e. The Hall–Kier alpha value is -3.47. The molecule has 3 amide bonds. The number of non-ortho nitro benzene ring substituents is 1. The van der Waals surface area contributed by atoms with Crippen LogP contribution in [0.5, 0.6) is 11.5 Å². The van der Waals surface area contributed by atoms with Crippen LogP contribution in [0.1, 0.15) is 23.2 Å². The summed E-state index contributed by atoms with van der Waals surface area (Å²) in [6, 6.07) is 10.8. The van der Waals surface area contributed by atoms with Gasteiger partial charge in [0.25, 0.3) is 11.6 Å². The molecule has 180 valence electrons. The molecule has 10 nitrogen and oxygen atoms in total. The molecule has 2 aliphatic heterocycles. The highest BCUT2D eigenvalue weighted by molar-refractivity contribution is 8.00. The molecule has 0 unspecified atom stereocenters. The van der Waals surface area contributed by atoms with Gasteiger partial charge in [-0.25, -0.2) is 4.79 Å². The van der Waals surface area contributed by atoms with Crippen molar-refractivity contribution in [1.82, 2.24) is 9.80 Å². The zero-order valence-corrected chi connectivity index (χ0v) is 19.8. The SMILES string of the molecule is COc1ccc(NC(=O)N2CCC3(CC2)SCCN3C(=O)c2cccc([N+](=O)[O-])c2)c(OC)c1. The van der Waals surface area contributed by atoms with Crippen molar-refractivity contribution in [1.29, 1.82) is 0 Å². The Balaban J connectivity index is 1.43. The van der Waals surface area contributed by atoms with E-state index in [0.29, 0.717) is 55.2 Å². The standard InChI is InChI=1S/C23H26N4O6S/c1-32-18-6-7-19(20(15-18)33-2)24-22(29)25-10-8-23(9-11-25)26(12-13-34-23)21(28)16-4-3-5-17(14-16)27(30)31/h3-7,14-15H,8-13H2,1-2H3,(H,24,29). The van der Waals surface area contributed by atoms with Crippen molar-refractivity contribution in [2.24, 2.45) is 0 Å². The molecule has 0 atom stereocenters. The number of nitrogens with one attached hydrogen (secondary N) is 1. The number of urea groups is 1. The highest BCUT2D eigenvalue weighted by atomic mass is 32.2. The number of benzene rings is 2. The van der Waals surface area contributed by atoms with Gasteiger partial charge in [0, 0.05) is 49.1 Å². The number of anilines is 1. The highest BCUT2D eigenvalue weighted by Crippen LogP contribution is 2.44. The number of rotatable bonds is 5. The largest absolute Gasteiger partial charge is 0.497 e. The summed E-state index contributed by atoms with van der Waals surface area (Å²) in [5.74, 6) is 1.70. The number of hydrogen-bond donors (Lipinski definition) is 1. The van der Waals surface area contributed by atoms with Gasteiger partial charge < -0.3 is 24.6 Å². The maximum atomic E-state index is 13.2. The first-order chi connectivity index (χ1) is 16.4. The third-order valence-electron chi connectivity index (χ3n) is 6.21. The summed E-state index contributed by atoms with van der Waals surface area (Å²) in [4.78, 5) is 39.9. The number of carbonyl (C=O) groups excluding carboxylic acids is 2. The zero-order valence-electron chi connectivity index (χ0n) is 19.0. The molecule has 2 aromatic rings. The summed E-state index contributed by atoms with van der Waals surface area (Å²) >= 11 is 1.71. The van der Waals surface area contributed by atoms with Crippen LogP contribution in [0.4, 0.5) is 16.2 Å². The minimum absolute atomic E-state index is 0.104. The van der Waals surface area contributed by atoms with Crippen LogP contribution in [-0.2, 0) is 0 Å². The molecular weight excluding hydrogens is 460 g/mol. The van der Waals surface area contributed by atoms with E-state index < -0.39 is 9.79 Å². The minimum Gasteiger partial charge on any atom is -0.497 e. The molecule has 11 heteroatoms. The lowest BCUT2D eigenvalue weighted by molar-refractivity contribution is -0.384. The molecule has 0 aromatic heterocycles. The van der Waals surface area contributed by atoms with Crippen LogP contribution in [0, 0.1) is 10.1 Å². The van der Waals surface area contributed by atoms with Crippen molar-refractivity contribution in [3.05, 3.63) is 58.1 Å². The van der Waals surface area contributed by atoms with Crippen molar-refractivity contribution >= 4 is 35.1 Å². The van der Waals surface area contributed by atoms with Crippen LogP contribution in [-0.4, -0.2) is 71.1 Å². The number of nitro groups is 1. The Morgan fingerprint density at radius 3 is 2.53 bits per heavy atom. The highest BCUT2D eigenvalue weighted by Gasteiger charge is 2.47. The third-order valence-corrected chi connectivity index (χ3v) is 7.76. The third kappa shape index (κ3) is 4.60. The Labute approximate surface area is 201 Å². The summed E-state index contributed by atoms with van der Waals surface area (Å²) < 4.78 is 10.5. The molecule has 1 spiro atoms. The molecule has 2 fully saturated rings. The van der Waals surface area contributed by atoms with E-state index in [0.717, 1.165) is 5.75 Å². The number of nitro benzene ring substituents is 1. The molecule has 2 heterocycles. The number of likely N-dealkylation sites (tertiary alicyclic amines) is 1. The lowest BCUT2D eigenvalue weighted by Crippen LogP contribution is -2.54. The minimum atomic E-state index is -0.500. The van der Waals surface area contributed by atoms with Gasteiger partial charge in [0.15, 0.2) is 0 Å². The van der Waals surface area contributed by atoms with Crippen LogP contribution in [0.3, 0.4) is 0 Å². The second kappa shape index (κ2) is 9.80. The molecule has 2 saturated heterocycles.